The van der Waals surface area contributed by atoms with Gasteiger partial charge in [0.05, 0.1) is 19.3 Å². The average molecular weight is 318 g/mol. The van der Waals surface area contributed by atoms with E-state index in [9.17, 15) is 10.2 Å². The molecule has 1 aromatic rings. The molecule has 0 amide bonds. The largest absolute Gasteiger partial charge is 0.508 e. The van der Waals surface area contributed by atoms with Gasteiger partial charge in [-0.25, -0.2) is 0 Å². The van der Waals surface area contributed by atoms with Gasteiger partial charge in [0.1, 0.15) is 5.75 Å². The van der Waals surface area contributed by atoms with Gasteiger partial charge >= 0.3 is 0 Å². The van der Waals surface area contributed by atoms with E-state index in [-0.39, 0.29) is 23.2 Å². The van der Waals surface area contributed by atoms with Crippen molar-refractivity contribution >= 4 is 0 Å². The summed E-state index contributed by atoms with van der Waals surface area (Å²) in [5, 5.41) is 20.6. The summed E-state index contributed by atoms with van der Waals surface area (Å²) in [5.41, 5.74) is 0.901. The van der Waals surface area contributed by atoms with Crippen LogP contribution in [0.4, 0.5) is 0 Å². The van der Waals surface area contributed by atoms with Crippen molar-refractivity contribution in [1.29, 1.82) is 0 Å². The third kappa shape index (κ3) is 2.15. The Morgan fingerprint density at radius 2 is 1.74 bits per heavy atom. The summed E-state index contributed by atoms with van der Waals surface area (Å²) in [4.78, 5) is 0. The number of ether oxygens (including phenoxy) is 2. The van der Waals surface area contributed by atoms with E-state index in [0.29, 0.717) is 19.1 Å². The highest BCUT2D eigenvalue weighted by atomic mass is 16.7. The molecule has 1 heterocycles. The Labute approximate surface area is 137 Å². The van der Waals surface area contributed by atoms with Crippen LogP contribution in [0.2, 0.25) is 0 Å². The van der Waals surface area contributed by atoms with Crippen LogP contribution in [0.3, 0.4) is 0 Å². The van der Waals surface area contributed by atoms with E-state index < -0.39 is 5.79 Å². The molecule has 23 heavy (non-hydrogen) atoms. The quantitative estimate of drug-likeness (QED) is 0.836. The Kier molecular flexibility index (Phi) is 3.67. The van der Waals surface area contributed by atoms with Gasteiger partial charge in [-0.15, -0.1) is 0 Å². The summed E-state index contributed by atoms with van der Waals surface area (Å²) in [6.07, 6.45) is 4.33. The number of phenols is 1. The van der Waals surface area contributed by atoms with Crippen LogP contribution in [0, 0.1) is 11.8 Å². The molecule has 1 aromatic carbocycles. The average Bonchev–Trinajstić information content (AvgIpc) is 3.03. The van der Waals surface area contributed by atoms with E-state index in [1.165, 1.54) is 0 Å². The van der Waals surface area contributed by atoms with Crippen molar-refractivity contribution in [2.24, 2.45) is 11.8 Å². The van der Waals surface area contributed by atoms with Gasteiger partial charge in [-0.2, -0.15) is 0 Å². The SMILES string of the molecule is C[C@H]1[C@@H]2CCC[C@H](O)[C@@]2(c2ccc(O)cc2)CCC12OCCO2. The molecule has 1 saturated heterocycles. The van der Waals surface area contributed by atoms with Crippen molar-refractivity contribution < 1.29 is 19.7 Å². The highest BCUT2D eigenvalue weighted by Crippen LogP contribution is 2.58. The summed E-state index contributed by atoms with van der Waals surface area (Å²) in [7, 11) is 0. The molecule has 0 aromatic heterocycles. The Balaban J connectivity index is 1.76. The summed E-state index contributed by atoms with van der Waals surface area (Å²) < 4.78 is 12.1. The zero-order valence-electron chi connectivity index (χ0n) is 13.7. The third-order valence-electron chi connectivity index (χ3n) is 6.61. The Bertz CT molecular complexity index is 563. The number of aromatic hydroxyl groups is 1. The molecule has 3 fully saturated rings. The van der Waals surface area contributed by atoms with Gasteiger partial charge in [0.25, 0.3) is 0 Å². The van der Waals surface area contributed by atoms with E-state index in [1.54, 1.807) is 12.1 Å². The first kappa shape index (κ1) is 15.4. The second kappa shape index (κ2) is 5.47. The van der Waals surface area contributed by atoms with Crippen molar-refractivity contribution in [2.75, 3.05) is 13.2 Å². The second-order valence-corrected chi connectivity index (χ2v) is 7.44. The molecule has 4 nitrogen and oxygen atoms in total. The highest BCUT2D eigenvalue weighted by Gasteiger charge is 2.60. The van der Waals surface area contributed by atoms with Gasteiger partial charge in [-0.05, 0) is 42.9 Å². The molecule has 0 bridgehead atoms. The van der Waals surface area contributed by atoms with Crippen LogP contribution in [0.5, 0.6) is 5.75 Å². The lowest BCUT2D eigenvalue weighted by Gasteiger charge is -2.57. The fourth-order valence-electron chi connectivity index (χ4n) is 5.46. The fourth-order valence-corrected chi connectivity index (χ4v) is 5.46. The number of hydrogen-bond donors (Lipinski definition) is 2. The number of hydrogen-bond acceptors (Lipinski definition) is 4. The minimum Gasteiger partial charge on any atom is -0.508 e. The lowest BCUT2D eigenvalue weighted by molar-refractivity contribution is -0.246. The lowest BCUT2D eigenvalue weighted by atomic mass is 9.51. The second-order valence-electron chi connectivity index (χ2n) is 7.44. The third-order valence-corrected chi connectivity index (χ3v) is 6.61. The fraction of sp³-hybridized carbons (Fsp3) is 0.684. The standard InChI is InChI=1S/C19H26O4/c1-13-16-3-2-4-17(21)18(16,14-5-7-15(20)8-6-14)9-10-19(13)22-11-12-23-19/h5-8,13,16-17,20-21H,2-4,9-12H2,1H3/t13-,16-,17-,18+/m0/s1. The Hall–Kier alpha value is -1.10. The number of fused-ring (bicyclic) bond motifs is 1. The lowest BCUT2D eigenvalue weighted by Crippen LogP contribution is -2.60. The maximum atomic E-state index is 11.0. The minimum atomic E-state index is -0.456. The van der Waals surface area contributed by atoms with Crippen LogP contribution >= 0.6 is 0 Å². The maximum absolute atomic E-state index is 11.0. The van der Waals surface area contributed by atoms with E-state index in [4.69, 9.17) is 9.47 Å². The molecule has 1 spiro atoms. The molecule has 1 aliphatic heterocycles. The molecule has 3 aliphatic rings. The molecular formula is C19H26O4. The van der Waals surface area contributed by atoms with Gasteiger partial charge in [-0.3, -0.25) is 0 Å². The van der Waals surface area contributed by atoms with Gasteiger partial charge in [0.2, 0.25) is 0 Å². The van der Waals surface area contributed by atoms with Crippen LogP contribution in [-0.4, -0.2) is 35.3 Å². The summed E-state index contributed by atoms with van der Waals surface area (Å²) in [5.74, 6) is 0.405. The van der Waals surface area contributed by atoms with E-state index in [2.05, 4.69) is 6.92 Å². The van der Waals surface area contributed by atoms with Crippen LogP contribution in [-0.2, 0) is 14.9 Å². The zero-order valence-corrected chi connectivity index (χ0v) is 13.7. The number of phenolic OH excluding ortho intramolecular Hbond substituents is 1. The Morgan fingerprint density at radius 3 is 2.43 bits per heavy atom. The van der Waals surface area contributed by atoms with Crippen LogP contribution < -0.4 is 0 Å². The van der Waals surface area contributed by atoms with Crippen LogP contribution in [0.25, 0.3) is 0 Å². The number of benzene rings is 1. The van der Waals surface area contributed by atoms with E-state index >= 15 is 0 Å². The monoisotopic (exact) mass is 318 g/mol. The molecule has 2 N–H and O–H groups in total. The summed E-state index contributed by atoms with van der Waals surface area (Å²) >= 11 is 0. The van der Waals surface area contributed by atoms with Gasteiger partial charge in [0.15, 0.2) is 5.79 Å². The summed E-state index contributed by atoms with van der Waals surface area (Å²) in [6.45, 7) is 3.57. The zero-order chi connectivity index (χ0) is 16.1. The minimum absolute atomic E-state index is 0.244. The smallest absolute Gasteiger partial charge is 0.171 e. The number of aliphatic hydroxyl groups excluding tert-OH is 1. The molecule has 2 aliphatic carbocycles. The first-order valence-electron chi connectivity index (χ1n) is 8.84. The highest BCUT2D eigenvalue weighted by molar-refractivity contribution is 5.35. The van der Waals surface area contributed by atoms with Gasteiger partial charge in [-0.1, -0.05) is 25.5 Å². The number of rotatable bonds is 1. The van der Waals surface area contributed by atoms with Crippen molar-refractivity contribution in [3.05, 3.63) is 29.8 Å². The van der Waals surface area contributed by atoms with Gasteiger partial charge < -0.3 is 19.7 Å². The summed E-state index contributed by atoms with van der Waals surface area (Å²) in [6, 6.07) is 7.44. The predicted molar refractivity (Wildman–Crippen MR) is 86.2 cm³/mol. The topological polar surface area (TPSA) is 58.9 Å². The first-order valence-corrected chi connectivity index (χ1v) is 8.84. The van der Waals surface area contributed by atoms with Crippen molar-refractivity contribution in [3.63, 3.8) is 0 Å². The van der Waals surface area contributed by atoms with Crippen LogP contribution in [0.15, 0.2) is 24.3 Å². The maximum Gasteiger partial charge on any atom is 0.171 e. The van der Waals surface area contributed by atoms with Crippen molar-refractivity contribution in [2.45, 2.75) is 56.3 Å². The molecule has 126 valence electrons. The predicted octanol–water partition coefficient (Wildman–Crippen LogP) is 2.96. The van der Waals surface area contributed by atoms with Crippen molar-refractivity contribution in [3.8, 4) is 5.75 Å². The molecule has 0 radical (unpaired) electrons. The van der Waals surface area contributed by atoms with E-state index in [1.807, 2.05) is 12.1 Å². The van der Waals surface area contributed by atoms with Crippen LogP contribution in [0.1, 0.15) is 44.6 Å². The van der Waals surface area contributed by atoms with Crippen molar-refractivity contribution in [1.82, 2.24) is 0 Å². The molecule has 0 unspecified atom stereocenters. The molecule has 4 heteroatoms. The molecule has 4 rings (SSSR count). The molecule has 4 atom stereocenters. The van der Waals surface area contributed by atoms with E-state index in [0.717, 1.165) is 37.7 Å². The normalized spacial score (nSPS) is 39.3. The molecular weight excluding hydrogens is 292 g/mol. The number of aliphatic hydroxyl groups is 1. The van der Waals surface area contributed by atoms with Gasteiger partial charge in [0, 0.05) is 17.8 Å². The molecule has 2 saturated carbocycles. The Morgan fingerprint density at radius 1 is 1.04 bits per heavy atom. The first-order chi connectivity index (χ1) is 11.1.